The number of likely N-dealkylation sites (tertiary alicyclic amines) is 1. The Morgan fingerprint density at radius 1 is 0.974 bits per heavy atom. The maximum absolute atomic E-state index is 13.2. The minimum atomic E-state index is -1.21. The third kappa shape index (κ3) is 6.20. The van der Waals surface area contributed by atoms with Gasteiger partial charge in [0.15, 0.2) is 5.82 Å². The van der Waals surface area contributed by atoms with Crippen LogP contribution in [-0.4, -0.2) is 67.2 Å². The Labute approximate surface area is 226 Å². The van der Waals surface area contributed by atoms with Crippen LogP contribution in [0.2, 0.25) is 0 Å². The first-order chi connectivity index (χ1) is 18.9. The monoisotopic (exact) mass is 534 g/mol. The van der Waals surface area contributed by atoms with Crippen LogP contribution in [0.3, 0.4) is 0 Å². The van der Waals surface area contributed by atoms with Gasteiger partial charge in [-0.3, -0.25) is 9.69 Å². The number of methoxy groups -OCH3 is 4. The fraction of sp³-hybridized carbons (Fsp3) is 0.286. The maximum Gasteiger partial charge on any atom is 0.413 e. The number of benzene rings is 2. The van der Waals surface area contributed by atoms with E-state index in [-0.39, 0.29) is 18.3 Å². The number of carbonyl (C=O) groups excluding carboxylic acids is 1. The average molecular weight is 535 g/mol. The van der Waals surface area contributed by atoms with Crippen LogP contribution >= 0.6 is 0 Å². The van der Waals surface area contributed by atoms with Gasteiger partial charge in [0.25, 0.3) is 0 Å². The number of ether oxygens (including phenoxy) is 4. The highest BCUT2D eigenvalue weighted by Gasteiger charge is 2.27. The summed E-state index contributed by atoms with van der Waals surface area (Å²) in [4.78, 5) is 28.1. The van der Waals surface area contributed by atoms with Gasteiger partial charge in [0.1, 0.15) is 23.0 Å². The van der Waals surface area contributed by atoms with Gasteiger partial charge in [0, 0.05) is 41.9 Å². The van der Waals surface area contributed by atoms with Crippen LogP contribution < -0.4 is 23.8 Å². The molecular formula is C28H30N4O7. The minimum Gasteiger partial charge on any atom is -0.497 e. The molecule has 0 unspecified atom stereocenters. The van der Waals surface area contributed by atoms with E-state index in [0.717, 1.165) is 10.5 Å². The summed E-state index contributed by atoms with van der Waals surface area (Å²) in [5, 5.41) is 17.9. The third-order valence-electron chi connectivity index (χ3n) is 6.40. The zero-order chi connectivity index (χ0) is 27.9. The molecule has 204 valence electrons. The van der Waals surface area contributed by atoms with Crippen LogP contribution in [0.1, 0.15) is 23.1 Å². The van der Waals surface area contributed by atoms with Crippen LogP contribution in [0.4, 0.5) is 10.6 Å². The van der Waals surface area contributed by atoms with Crippen molar-refractivity contribution in [1.29, 1.82) is 0 Å². The number of hydrogen-bond acceptors (Lipinski definition) is 8. The van der Waals surface area contributed by atoms with Gasteiger partial charge >= 0.3 is 6.09 Å². The van der Waals surface area contributed by atoms with Crippen LogP contribution in [0, 0.1) is 0 Å². The van der Waals surface area contributed by atoms with E-state index in [0.29, 0.717) is 59.2 Å². The van der Waals surface area contributed by atoms with Gasteiger partial charge in [0.2, 0.25) is 5.91 Å². The number of carboxylic acid groups (broad SMARTS) is 1. The van der Waals surface area contributed by atoms with Crippen LogP contribution in [0.15, 0.2) is 54.2 Å². The first kappa shape index (κ1) is 27.2. The van der Waals surface area contributed by atoms with Gasteiger partial charge < -0.3 is 29.0 Å². The van der Waals surface area contributed by atoms with Crippen molar-refractivity contribution in [3.05, 3.63) is 70.9 Å². The largest absolute Gasteiger partial charge is 0.497 e. The first-order valence-corrected chi connectivity index (χ1v) is 12.1. The summed E-state index contributed by atoms with van der Waals surface area (Å²) in [7, 11) is 6.20. The lowest BCUT2D eigenvalue weighted by Crippen LogP contribution is -2.30. The van der Waals surface area contributed by atoms with Gasteiger partial charge in [0.05, 0.1) is 41.2 Å². The summed E-state index contributed by atoms with van der Waals surface area (Å²) >= 11 is 0. The van der Waals surface area contributed by atoms with Gasteiger partial charge in [-0.05, 0) is 48.4 Å². The Hall–Kier alpha value is -4.80. The molecule has 0 spiro atoms. The summed E-state index contributed by atoms with van der Waals surface area (Å²) in [6.07, 6.45) is 2.55. The number of rotatable bonds is 10. The summed E-state index contributed by atoms with van der Waals surface area (Å²) in [5.74, 6) is 2.41. The molecule has 2 amide bonds. The van der Waals surface area contributed by atoms with Gasteiger partial charge in [-0.2, -0.15) is 5.10 Å². The zero-order valence-corrected chi connectivity index (χ0v) is 22.2. The van der Waals surface area contributed by atoms with Crippen LogP contribution in [0.25, 0.3) is 6.08 Å². The summed E-state index contributed by atoms with van der Waals surface area (Å²) in [6, 6.07) is 12.2. The SMILES string of the molecule is COc1ccc(CN2CCC(=Cc3cnnc(N(Cc4ccc(OC)cc4OC)C(=O)O)c3)C2=O)c(OC)c1. The second-order valence-corrected chi connectivity index (χ2v) is 8.72. The molecule has 0 atom stereocenters. The Bertz CT molecular complexity index is 1390. The minimum absolute atomic E-state index is 0.0202. The number of carbonyl (C=O) groups is 2. The maximum atomic E-state index is 13.2. The molecule has 1 saturated heterocycles. The zero-order valence-electron chi connectivity index (χ0n) is 22.2. The van der Waals surface area contributed by atoms with E-state index in [4.69, 9.17) is 18.9 Å². The Morgan fingerprint density at radius 2 is 1.62 bits per heavy atom. The lowest BCUT2D eigenvalue weighted by Gasteiger charge is -2.20. The highest BCUT2D eigenvalue weighted by Crippen LogP contribution is 2.30. The van der Waals surface area contributed by atoms with Crippen molar-refractivity contribution in [2.45, 2.75) is 19.5 Å². The van der Waals surface area contributed by atoms with E-state index >= 15 is 0 Å². The molecule has 0 bridgehead atoms. The van der Waals surface area contributed by atoms with Crippen LogP contribution in [0.5, 0.6) is 23.0 Å². The van der Waals surface area contributed by atoms with Gasteiger partial charge in [-0.1, -0.05) is 0 Å². The molecule has 0 saturated carbocycles. The Balaban J connectivity index is 1.53. The second kappa shape index (κ2) is 12.2. The van der Waals surface area contributed by atoms with Gasteiger partial charge in [-0.15, -0.1) is 5.10 Å². The smallest absolute Gasteiger partial charge is 0.413 e. The third-order valence-corrected chi connectivity index (χ3v) is 6.40. The van der Waals surface area contributed by atoms with Crippen molar-refractivity contribution >= 4 is 23.9 Å². The average Bonchev–Trinajstić information content (AvgIpc) is 3.29. The van der Waals surface area contributed by atoms with Gasteiger partial charge in [-0.25, -0.2) is 4.79 Å². The molecule has 39 heavy (non-hydrogen) atoms. The molecule has 1 aliphatic rings. The van der Waals surface area contributed by atoms with Crippen molar-refractivity contribution < 1.29 is 33.6 Å². The molecule has 1 N–H and O–H groups in total. The number of anilines is 1. The molecule has 1 aromatic heterocycles. The summed E-state index contributed by atoms with van der Waals surface area (Å²) in [6.45, 7) is 0.914. The summed E-state index contributed by atoms with van der Waals surface area (Å²) in [5.41, 5.74) is 2.66. The van der Waals surface area contributed by atoms with Crippen molar-refractivity contribution in [2.24, 2.45) is 0 Å². The molecule has 1 fully saturated rings. The van der Waals surface area contributed by atoms with Crippen LogP contribution in [-0.2, 0) is 17.9 Å². The van der Waals surface area contributed by atoms with E-state index in [1.54, 1.807) is 55.5 Å². The second-order valence-electron chi connectivity index (χ2n) is 8.72. The predicted molar refractivity (Wildman–Crippen MR) is 143 cm³/mol. The van der Waals surface area contributed by atoms with E-state index in [9.17, 15) is 14.7 Å². The van der Waals surface area contributed by atoms with E-state index in [2.05, 4.69) is 10.2 Å². The number of aromatic nitrogens is 2. The first-order valence-electron chi connectivity index (χ1n) is 12.1. The van der Waals surface area contributed by atoms with E-state index < -0.39 is 6.09 Å². The van der Waals surface area contributed by atoms with Crippen molar-refractivity contribution in [1.82, 2.24) is 15.1 Å². The fourth-order valence-corrected chi connectivity index (χ4v) is 4.32. The highest BCUT2D eigenvalue weighted by atomic mass is 16.5. The molecule has 3 aromatic rings. The van der Waals surface area contributed by atoms with Crippen molar-refractivity contribution in [2.75, 3.05) is 39.9 Å². The van der Waals surface area contributed by atoms with E-state index in [1.807, 2.05) is 12.1 Å². The van der Waals surface area contributed by atoms with Crippen molar-refractivity contribution in [3.63, 3.8) is 0 Å². The molecule has 2 aromatic carbocycles. The van der Waals surface area contributed by atoms with Crippen molar-refractivity contribution in [3.8, 4) is 23.0 Å². The normalized spacial score (nSPS) is 13.9. The Kier molecular flexibility index (Phi) is 8.50. The Morgan fingerprint density at radius 3 is 2.23 bits per heavy atom. The number of nitrogens with zero attached hydrogens (tertiary/aromatic N) is 4. The van der Waals surface area contributed by atoms with E-state index in [1.165, 1.54) is 20.4 Å². The topological polar surface area (TPSA) is 124 Å². The standard InChI is InChI=1S/C28H30N4O7/c1-36-22-7-5-20(24(13-22)38-3)16-31-10-9-19(27(31)33)11-18-12-26(30-29-15-18)32(28(34)35)17-21-6-8-23(37-2)14-25(21)39-4/h5-8,11-15H,9-10,16-17H2,1-4H3,(H,34,35). The number of amides is 2. The number of hydrogen-bond donors (Lipinski definition) is 1. The lowest BCUT2D eigenvalue weighted by atomic mass is 10.1. The molecule has 11 heteroatoms. The molecule has 0 aliphatic carbocycles. The molecular weight excluding hydrogens is 504 g/mol. The molecule has 1 aliphatic heterocycles. The molecule has 11 nitrogen and oxygen atoms in total. The summed E-state index contributed by atoms with van der Waals surface area (Å²) < 4.78 is 21.3. The quantitative estimate of drug-likeness (QED) is 0.384. The molecule has 2 heterocycles. The molecule has 0 radical (unpaired) electrons. The lowest BCUT2D eigenvalue weighted by molar-refractivity contribution is -0.125. The fourth-order valence-electron chi connectivity index (χ4n) is 4.32. The molecule has 4 rings (SSSR count). The highest BCUT2D eigenvalue weighted by molar-refractivity contribution is 6.00. The predicted octanol–water partition coefficient (Wildman–Crippen LogP) is 4.01.